The Morgan fingerprint density at radius 1 is 1.18 bits per heavy atom. The molecule has 3 atom stereocenters. The van der Waals surface area contributed by atoms with Gasteiger partial charge in [0, 0.05) is 31.4 Å². The lowest BCUT2D eigenvalue weighted by molar-refractivity contribution is -0.139. The van der Waals surface area contributed by atoms with Crippen molar-refractivity contribution >= 4 is 17.8 Å². The fourth-order valence-corrected chi connectivity index (χ4v) is 4.12. The Bertz CT molecular complexity index is 923. The van der Waals surface area contributed by atoms with Gasteiger partial charge in [-0.3, -0.25) is 20.0 Å². The monoisotopic (exact) mass is 451 g/mol. The van der Waals surface area contributed by atoms with Gasteiger partial charge in [0.2, 0.25) is 11.8 Å². The first-order valence-corrected chi connectivity index (χ1v) is 11.3. The zero-order chi connectivity index (χ0) is 23.6. The maximum atomic E-state index is 13.3. The van der Waals surface area contributed by atoms with Crippen LogP contribution in [0.25, 0.3) is 0 Å². The molecule has 2 aromatic rings. The number of nitrogens with one attached hydrogen (secondary N) is 3. The van der Waals surface area contributed by atoms with Gasteiger partial charge in [-0.2, -0.15) is 0 Å². The summed E-state index contributed by atoms with van der Waals surface area (Å²) >= 11 is 0. The summed E-state index contributed by atoms with van der Waals surface area (Å²) in [6, 6.07) is 14.0. The number of benzene rings is 1. The molecular formula is C24H33N7O2. The van der Waals surface area contributed by atoms with Gasteiger partial charge in [0.25, 0.3) is 0 Å². The number of likely N-dealkylation sites (tertiary alicyclic amines) is 1. The molecule has 0 bridgehead atoms. The molecule has 1 saturated heterocycles. The van der Waals surface area contributed by atoms with Crippen molar-refractivity contribution in [2.75, 3.05) is 13.1 Å². The standard InChI is InChI=1S/C24H33N7O2/c25-19(11-6-14-29-24(26)27)23(33)31-15-7-12-21(31)22(32)30-20(17-8-2-1-3-9-17)16-18-10-4-5-13-28-18/h1-5,8-10,13,19-21H,6-7,11-12,14-16,25H2,(H,30,32)(H4,26,27,29)/t19?,20?,21-/m0/s1. The van der Waals surface area contributed by atoms with E-state index in [0.717, 1.165) is 17.7 Å². The second-order valence-electron chi connectivity index (χ2n) is 8.28. The summed E-state index contributed by atoms with van der Waals surface area (Å²) in [4.78, 5) is 32.3. The van der Waals surface area contributed by atoms with Crippen LogP contribution in [0.1, 0.15) is 43.0 Å². The number of pyridine rings is 1. The van der Waals surface area contributed by atoms with Gasteiger partial charge in [-0.1, -0.05) is 36.4 Å². The van der Waals surface area contributed by atoms with Gasteiger partial charge >= 0.3 is 0 Å². The third-order valence-electron chi connectivity index (χ3n) is 5.82. The van der Waals surface area contributed by atoms with E-state index in [2.05, 4.69) is 15.6 Å². The van der Waals surface area contributed by atoms with Crippen LogP contribution in [0.5, 0.6) is 0 Å². The second-order valence-corrected chi connectivity index (χ2v) is 8.28. The second kappa shape index (κ2) is 12.0. The number of guanidine groups is 1. The molecule has 2 unspecified atom stereocenters. The number of aromatic nitrogens is 1. The van der Waals surface area contributed by atoms with Crippen molar-refractivity contribution in [2.24, 2.45) is 11.5 Å². The average molecular weight is 452 g/mol. The van der Waals surface area contributed by atoms with Gasteiger partial charge in [0.05, 0.1) is 12.1 Å². The topological polar surface area (TPSA) is 150 Å². The highest BCUT2D eigenvalue weighted by Crippen LogP contribution is 2.22. The van der Waals surface area contributed by atoms with E-state index in [0.29, 0.717) is 38.8 Å². The molecule has 33 heavy (non-hydrogen) atoms. The van der Waals surface area contributed by atoms with E-state index in [-0.39, 0.29) is 23.8 Å². The number of rotatable bonds is 10. The summed E-state index contributed by atoms with van der Waals surface area (Å²) < 4.78 is 0. The van der Waals surface area contributed by atoms with Gasteiger partial charge < -0.3 is 27.0 Å². The molecule has 0 aliphatic carbocycles. The largest absolute Gasteiger partial charge is 0.370 e. The summed E-state index contributed by atoms with van der Waals surface area (Å²) in [6.07, 6.45) is 4.73. The molecule has 0 radical (unpaired) electrons. The Balaban J connectivity index is 1.64. The molecule has 1 aliphatic rings. The van der Waals surface area contributed by atoms with E-state index in [9.17, 15) is 9.59 Å². The molecule has 3 rings (SSSR count). The third kappa shape index (κ3) is 7.01. The number of hydrogen-bond acceptors (Lipinski definition) is 5. The van der Waals surface area contributed by atoms with Gasteiger partial charge in [-0.25, -0.2) is 0 Å². The fraction of sp³-hybridized carbons (Fsp3) is 0.417. The highest BCUT2D eigenvalue weighted by molar-refractivity contribution is 5.90. The number of carbonyl (C=O) groups excluding carboxylic acids is 2. The van der Waals surface area contributed by atoms with Gasteiger partial charge in [0.1, 0.15) is 6.04 Å². The van der Waals surface area contributed by atoms with Crippen LogP contribution in [-0.2, 0) is 16.0 Å². The highest BCUT2D eigenvalue weighted by atomic mass is 16.2. The lowest BCUT2D eigenvalue weighted by atomic mass is 10.0. The van der Waals surface area contributed by atoms with E-state index < -0.39 is 12.1 Å². The zero-order valence-corrected chi connectivity index (χ0v) is 18.7. The maximum Gasteiger partial charge on any atom is 0.243 e. The number of carbonyl (C=O) groups is 2. The Morgan fingerprint density at radius 2 is 1.94 bits per heavy atom. The maximum absolute atomic E-state index is 13.3. The average Bonchev–Trinajstić information content (AvgIpc) is 3.32. The van der Waals surface area contributed by atoms with Crippen LogP contribution in [0.3, 0.4) is 0 Å². The van der Waals surface area contributed by atoms with E-state index >= 15 is 0 Å². The number of hydrogen-bond donors (Lipinski definition) is 5. The summed E-state index contributed by atoms with van der Waals surface area (Å²) in [5.74, 6) is -0.489. The lowest BCUT2D eigenvalue weighted by Gasteiger charge is -2.28. The molecular weight excluding hydrogens is 418 g/mol. The molecule has 1 aromatic carbocycles. The fourth-order valence-electron chi connectivity index (χ4n) is 4.12. The summed E-state index contributed by atoms with van der Waals surface area (Å²) in [6.45, 7) is 0.999. The summed E-state index contributed by atoms with van der Waals surface area (Å²) in [5.41, 5.74) is 13.3. The number of nitrogens with two attached hydrogens (primary N) is 2. The summed E-state index contributed by atoms with van der Waals surface area (Å²) in [7, 11) is 0. The van der Waals surface area contributed by atoms with Crippen molar-refractivity contribution in [1.29, 1.82) is 5.41 Å². The van der Waals surface area contributed by atoms with Crippen molar-refractivity contribution < 1.29 is 9.59 Å². The summed E-state index contributed by atoms with van der Waals surface area (Å²) in [5, 5.41) is 13.0. The van der Waals surface area contributed by atoms with Crippen LogP contribution in [0.2, 0.25) is 0 Å². The first kappa shape index (κ1) is 24.2. The van der Waals surface area contributed by atoms with Gasteiger partial charge in [-0.15, -0.1) is 0 Å². The molecule has 0 spiro atoms. The van der Waals surface area contributed by atoms with Gasteiger partial charge in [0.15, 0.2) is 5.96 Å². The number of nitrogens with zero attached hydrogens (tertiary/aromatic N) is 2. The zero-order valence-electron chi connectivity index (χ0n) is 18.7. The minimum absolute atomic E-state index is 0.107. The van der Waals surface area contributed by atoms with Crippen LogP contribution in [0, 0.1) is 5.41 Å². The Labute approximate surface area is 194 Å². The first-order chi connectivity index (χ1) is 16.0. The van der Waals surface area contributed by atoms with Crippen LogP contribution in [0.4, 0.5) is 0 Å². The van der Waals surface area contributed by atoms with E-state index in [4.69, 9.17) is 16.9 Å². The molecule has 7 N–H and O–H groups in total. The van der Waals surface area contributed by atoms with E-state index in [1.54, 1.807) is 11.1 Å². The molecule has 176 valence electrons. The van der Waals surface area contributed by atoms with Crippen LogP contribution < -0.4 is 22.1 Å². The van der Waals surface area contributed by atoms with Crippen molar-refractivity contribution in [3.8, 4) is 0 Å². The van der Waals surface area contributed by atoms with Crippen molar-refractivity contribution in [2.45, 2.75) is 50.2 Å². The molecule has 1 aromatic heterocycles. The van der Waals surface area contributed by atoms with Crippen LogP contribution in [-0.4, -0.2) is 52.8 Å². The molecule has 1 fully saturated rings. The van der Waals surface area contributed by atoms with Crippen molar-refractivity contribution in [3.63, 3.8) is 0 Å². The molecule has 1 aliphatic heterocycles. The Hall–Kier alpha value is -3.46. The molecule has 9 nitrogen and oxygen atoms in total. The predicted octanol–water partition coefficient (Wildman–Crippen LogP) is 1.06. The minimum Gasteiger partial charge on any atom is -0.370 e. The smallest absolute Gasteiger partial charge is 0.243 e. The minimum atomic E-state index is -0.689. The van der Waals surface area contributed by atoms with Crippen molar-refractivity contribution in [3.05, 3.63) is 66.0 Å². The highest BCUT2D eigenvalue weighted by Gasteiger charge is 2.36. The lowest BCUT2D eigenvalue weighted by Crippen LogP contribution is -2.52. The first-order valence-electron chi connectivity index (χ1n) is 11.3. The normalized spacial score (nSPS) is 17.2. The molecule has 0 saturated carbocycles. The Kier molecular flexibility index (Phi) is 8.77. The number of amides is 2. The van der Waals surface area contributed by atoms with Crippen LogP contribution in [0.15, 0.2) is 54.7 Å². The van der Waals surface area contributed by atoms with Crippen LogP contribution >= 0.6 is 0 Å². The Morgan fingerprint density at radius 3 is 2.64 bits per heavy atom. The molecule has 9 heteroatoms. The SMILES string of the molecule is N=C(N)NCCCC(N)C(=O)N1CCC[C@H]1C(=O)NC(Cc1ccccn1)c1ccccc1. The van der Waals surface area contributed by atoms with E-state index in [1.165, 1.54) is 0 Å². The molecule has 2 amide bonds. The quantitative estimate of drug-likeness (QED) is 0.207. The van der Waals surface area contributed by atoms with E-state index in [1.807, 2.05) is 48.5 Å². The predicted molar refractivity (Wildman–Crippen MR) is 127 cm³/mol. The molecule has 2 heterocycles. The third-order valence-corrected chi connectivity index (χ3v) is 5.82. The van der Waals surface area contributed by atoms with Crippen molar-refractivity contribution in [1.82, 2.24) is 20.5 Å². The van der Waals surface area contributed by atoms with Gasteiger partial charge in [-0.05, 0) is 43.4 Å².